The minimum Gasteiger partial charge on any atom is -0.494 e. The standard InChI is InChI=1S/C21H21F3N4O2S/c1-2-30-16-7-8-17-18(13-16)31-20(26-17)28-11-9-27(10-12-28)19(29)25-15-5-3-14(4-6-15)21(22,23)24/h3-8,13H,2,9-12H2,1H3,(H,25,29). The van der Waals surface area contributed by atoms with Crippen LogP contribution in [-0.2, 0) is 6.18 Å². The molecule has 1 aromatic heterocycles. The van der Waals surface area contributed by atoms with E-state index >= 15 is 0 Å². The summed E-state index contributed by atoms with van der Waals surface area (Å²) in [5.41, 5.74) is 0.492. The van der Waals surface area contributed by atoms with Crippen LogP contribution in [0.3, 0.4) is 0 Å². The van der Waals surface area contributed by atoms with Crippen molar-refractivity contribution in [3.8, 4) is 5.75 Å². The van der Waals surface area contributed by atoms with Gasteiger partial charge in [0, 0.05) is 31.9 Å². The lowest BCUT2D eigenvalue weighted by molar-refractivity contribution is -0.137. The summed E-state index contributed by atoms with van der Waals surface area (Å²) in [7, 11) is 0. The highest BCUT2D eigenvalue weighted by atomic mass is 32.1. The Labute approximate surface area is 181 Å². The first-order valence-corrected chi connectivity index (χ1v) is 10.7. The molecule has 1 aliphatic heterocycles. The van der Waals surface area contributed by atoms with Gasteiger partial charge in [0.1, 0.15) is 5.75 Å². The molecular weight excluding hydrogens is 429 g/mol. The van der Waals surface area contributed by atoms with Gasteiger partial charge in [-0.15, -0.1) is 0 Å². The number of amides is 2. The molecule has 10 heteroatoms. The fourth-order valence-corrected chi connectivity index (χ4v) is 4.38. The van der Waals surface area contributed by atoms with Crippen LogP contribution in [0.2, 0.25) is 0 Å². The van der Waals surface area contributed by atoms with E-state index in [1.807, 2.05) is 25.1 Å². The number of carbonyl (C=O) groups excluding carboxylic acids is 1. The number of benzene rings is 2. The van der Waals surface area contributed by atoms with Gasteiger partial charge in [-0.2, -0.15) is 13.2 Å². The van der Waals surface area contributed by atoms with Crippen molar-refractivity contribution in [2.75, 3.05) is 43.0 Å². The van der Waals surface area contributed by atoms with E-state index in [0.717, 1.165) is 33.2 Å². The van der Waals surface area contributed by atoms with Gasteiger partial charge >= 0.3 is 12.2 Å². The first-order valence-electron chi connectivity index (χ1n) is 9.85. The number of alkyl halides is 3. The van der Waals surface area contributed by atoms with E-state index in [2.05, 4.69) is 15.2 Å². The molecule has 2 heterocycles. The van der Waals surface area contributed by atoms with Gasteiger partial charge in [-0.3, -0.25) is 0 Å². The van der Waals surface area contributed by atoms with Crippen LogP contribution in [0.15, 0.2) is 42.5 Å². The zero-order valence-corrected chi connectivity index (χ0v) is 17.6. The Balaban J connectivity index is 1.35. The number of rotatable bonds is 4. The molecule has 1 N–H and O–H groups in total. The Hall–Kier alpha value is -3.01. The van der Waals surface area contributed by atoms with E-state index in [1.54, 1.807) is 16.2 Å². The second-order valence-corrected chi connectivity index (χ2v) is 8.05. The van der Waals surface area contributed by atoms with Crippen LogP contribution in [0.25, 0.3) is 10.2 Å². The second kappa shape index (κ2) is 8.62. The highest BCUT2D eigenvalue weighted by molar-refractivity contribution is 7.22. The number of urea groups is 1. The molecule has 0 radical (unpaired) electrons. The van der Waals surface area contributed by atoms with E-state index in [-0.39, 0.29) is 6.03 Å². The number of ether oxygens (including phenoxy) is 1. The van der Waals surface area contributed by atoms with E-state index in [4.69, 9.17) is 4.74 Å². The quantitative estimate of drug-likeness (QED) is 0.603. The second-order valence-electron chi connectivity index (χ2n) is 7.04. The zero-order chi connectivity index (χ0) is 22.0. The molecule has 31 heavy (non-hydrogen) atoms. The van der Waals surface area contributed by atoms with Crippen molar-refractivity contribution >= 4 is 38.4 Å². The number of fused-ring (bicyclic) bond motifs is 1. The summed E-state index contributed by atoms with van der Waals surface area (Å²) in [4.78, 5) is 20.9. The maximum atomic E-state index is 12.7. The van der Waals surface area contributed by atoms with E-state index < -0.39 is 11.7 Å². The number of anilines is 2. The molecule has 0 atom stereocenters. The van der Waals surface area contributed by atoms with E-state index in [0.29, 0.717) is 38.5 Å². The average Bonchev–Trinajstić information content (AvgIpc) is 3.17. The molecule has 6 nitrogen and oxygen atoms in total. The van der Waals surface area contributed by atoms with E-state index in [1.165, 1.54) is 12.1 Å². The molecule has 0 spiro atoms. The highest BCUT2D eigenvalue weighted by Crippen LogP contribution is 2.32. The molecule has 0 aliphatic carbocycles. The van der Waals surface area contributed by atoms with Crippen molar-refractivity contribution in [1.82, 2.24) is 9.88 Å². The summed E-state index contributed by atoms with van der Waals surface area (Å²) in [6.07, 6.45) is -4.40. The number of piperazine rings is 1. The number of carbonyl (C=O) groups is 1. The van der Waals surface area contributed by atoms with Crippen molar-refractivity contribution in [3.05, 3.63) is 48.0 Å². The summed E-state index contributed by atoms with van der Waals surface area (Å²) < 4.78 is 44.6. The van der Waals surface area contributed by atoms with Crippen LogP contribution in [-0.4, -0.2) is 48.7 Å². The van der Waals surface area contributed by atoms with Gasteiger partial charge in [0.2, 0.25) is 0 Å². The Kier molecular flexibility index (Phi) is 5.90. The average molecular weight is 450 g/mol. The first kappa shape index (κ1) is 21.2. The molecule has 164 valence electrons. The topological polar surface area (TPSA) is 57.7 Å². The van der Waals surface area contributed by atoms with Crippen molar-refractivity contribution in [1.29, 1.82) is 0 Å². The van der Waals surface area contributed by atoms with Crippen molar-refractivity contribution in [2.24, 2.45) is 0 Å². The summed E-state index contributed by atoms with van der Waals surface area (Å²) in [6, 6.07) is 9.92. The molecule has 3 aromatic rings. The van der Waals surface area contributed by atoms with Gasteiger partial charge in [-0.1, -0.05) is 11.3 Å². The maximum absolute atomic E-state index is 12.7. The Morgan fingerprint density at radius 1 is 1.13 bits per heavy atom. The molecule has 1 saturated heterocycles. The maximum Gasteiger partial charge on any atom is 0.416 e. The van der Waals surface area contributed by atoms with Gasteiger partial charge in [-0.25, -0.2) is 9.78 Å². The summed E-state index contributed by atoms with van der Waals surface area (Å²) in [5.74, 6) is 0.815. The number of thiazole rings is 1. The third kappa shape index (κ3) is 4.84. The Morgan fingerprint density at radius 3 is 2.48 bits per heavy atom. The lowest BCUT2D eigenvalue weighted by Gasteiger charge is -2.34. The zero-order valence-electron chi connectivity index (χ0n) is 16.8. The summed E-state index contributed by atoms with van der Waals surface area (Å²) in [5, 5.41) is 3.55. The molecule has 2 amide bonds. The predicted molar refractivity (Wildman–Crippen MR) is 115 cm³/mol. The van der Waals surface area contributed by atoms with Gasteiger partial charge in [0.15, 0.2) is 5.13 Å². The summed E-state index contributed by atoms with van der Waals surface area (Å²) in [6.45, 7) is 4.78. The Morgan fingerprint density at radius 2 is 1.84 bits per heavy atom. The third-order valence-electron chi connectivity index (χ3n) is 4.96. The highest BCUT2D eigenvalue weighted by Gasteiger charge is 2.30. The minimum absolute atomic E-state index is 0.329. The molecule has 1 fully saturated rings. The molecule has 1 aliphatic rings. The largest absolute Gasteiger partial charge is 0.494 e. The molecule has 0 bridgehead atoms. The smallest absolute Gasteiger partial charge is 0.416 e. The SMILES string of the molecule is CCOc1ccc2nc(N3CCN(C(=O)Nc4ccc(C(F)(F)F)cc4)CC3)sc2c1. The van der Waals surface area contributed by atoms with Gasteiger partial charge < -0.3 is 19.9 Å². The van der Waals surface area contributed by atoms with Crippen LogP contribution >= 0.6 is 11.3 Å². The van der Waals surface area contributed by atoms with Crippen LogP contribution in [0, 0.1) is 0 Å². The molecular formula is C21H21F3N4O2S. The monoisotopic (exact) mass is 450 g/mol. The first-order chi connectivity index (χ1) is 14.8. The lowest BCUT2D eigenvalue weighted by Crippen LogP contribution is -2.50. The number of aromatic nitrogens is 1. The third-order valence-corrected chi connectivity index (χ3v) is 6.04. The fourth-order valence-electron chi connectivity index (χ4n) is 3.33. The van der Waals surface area contributed by atoms with Gasteiger partial charge in [0.05, 0.1) is 22.4 Å². The molecule has 4 rings (SSSR count). The lowest BCUT2D eigenvalue weighted by atomic mass is 10.2. The van der Waals surface area contributed by atoms with Crippen LogP contribution in [0.5, 0.6) is 5.75 Å². The molecule has 0 saturated carbocycles. The minimum atomic E-state index is -4.40. The number of nitrogens with zero attached hydrogens (tertiary/aromatic N) is 3. The van der Waals surface area contributed by atoms with Crippen LogP contribution < -0.4 is 15.0 Å². The number of nitrogens with one attached hydrogen (secondary N) is 1. The van der Waals surface area contributed by atoms with Gasteiger partial charge in [0.25, 0.3) is 0 Å². The van der Waals surface area contributed by atoms with Crippen molar-refractivity contribution < 1.29 is 22.7 Å². The van der Waals surface area contributed by atoms with Crippen molar-refractivity contribution in [3.63, 3.8) is 0 Å². The van der Waals surface area contributed by atoms with Crippen LogP contribution in [0.1, 0.15) is 12.5 Å². The Bertz CT molecular complexity index is 1060. The summed E-state index contributed by atoms with van der Waals surface area (Å²) >= 11 is 1.58. The molecule has 2 aromatic carbocycles. The van der Waals surface area contributed by atoms with Gasteiger partial charge in [-0.05, 0) is 49.4 Å². The van der Waals surface area contributed by atoms with Crippen molar-refractivity contribution in [2.45, 2.75) is 13.1 Å². The normalized spacial score (nSPS) is 14.7. The fraction of sp³-hybridized carbons (Fsp3) is 0.333. The molecule has 0 unspecified atom stereocenters. The number of hydrogen-bond acceptors (Lipinski definition) is 5. The van der Waals surface area contributed by atoms with Crippen LogP contribution in [0.4, 0.5) is 28.8 Å². The number of hydrogen-bond donors (Lipinski definition) is 1. The predicted octanol–water partition coefficient (Wildman–Crippen LogP) is 5.07. The number of halogens is 3. The van der Waals surface area contributed by atoms with E-state index in [9.17, 15) is 18.0 Å².